The number of benzene rings is 1. The fraction of sp³-hybridized carbons (Fsp3) is 0.625. The van der Waals surface area contributed by atoms with Crippen molar-refractivity contribution in [2.75, 3.05) is 13.1 Å². The summed E-state index contributed by atoms with van der Waals surface area (Å²) in [7, 11) is 0. The predicted molar refractivity (Wildman–Crippen MR) is 74.3 cm³/mol. The van der Waals surface area contributed by atoms with Gasteiger partial charge in [0.25, 0.3) is 0 Å². The molecule has 0 amide bonds. The molecule has 0 atom stereocenters. The van der Waals surface area contributed by atoms with Crippen LogP contribution in [0.2, 0.25) is 0 Å². The van der Waals surface area contributed by atoms with Gasteiger partial charge in [-0.05, 0) is 18.1 Å². The van der Waals surface area contributed by atoms with Crippen molar-refractivity contribution >= 4 is 0 Å². The lowest BCUT2D eigenvalue weighted by Gasteiger charge is -2.43. The summed E-state index contributed by atoms with van der Waals surface area (Å²) in [6.45, 7) is 4.10. The smallest absolute Gasteiger partial charge is 0.127 e. The minimum Gasteiger partial charge on any atom is -0.315 e. The fourth-order valence-corrected chi connectivity index (χ4v) is 2.89. The third kappa shape index (κ3) is 2.92. The van der Waals surface area contributed by atoms with E-state index in [1.807, 2.05) is 12.1 Å². The molecule has 0 aromatic heterocycles. The number of hydrogen-bond donors (Lipinski definition) is 1. The van der Waals surface area contributed by atoms with E-state index in [4.69, 9.17) is 0 Å². The number of rotatable bonds is 7. The third-order valence-corrected chi connectivity index (χ3v) is 4.13. The molecule has 0 bridgehead atoms. The lowest BCUT2D eigenvalue weighted by molar-refractivity contribution is 0.242. The zero-order valence-electron chi connectivity index (χ0n) is 11.3. The summed E-state index contributed by atoms with van der Waals surface area (Å²) in [5.74, 6) is -0.0347. The minimum absolute atomic E-state index is 0.0347. The summed E-state index contributed by atoms with van der Waals surface area (Å²) in [6, 6.07) is 7.28. The van der Waals surface area contributed by atoms with E-state index in [9.17, 15) is 4.39 Å². The first-order valence-corrected chi connectivity index (χ1v) is 7.24. The first-order chi connectivity index (χ1) is 8.78. The molecule has 100 valence electrons. The van der Waals surface area contributed by atoms with Crippen molar-refractivity contribution in [1.29, 1.82) is 0 Å². The van der Waals surface area contributed by atoms with Gasteiger partial charge in [-0.15, -0.1) is 0 Å². The van der Waals surface area contributed by atoms with Crippen molar-refractivity contribution in [3.63, 3.8) is 0 Å². The highest BCUT2D eigenvalue weighted by Gasteiger charge is 2.39. The highest BCUT2D eigenvalue weighted by atomic mass is 19.1. The SMILES string of the molecule is CCCCCCCC1(c2ccccc2F)CNC1. The van der Waals surface area contributed by atoms with Crippen LogP contribution in [0.4, 0.5) is 4.39 Å². The summed E-state index contributed by atoms with van der Waals surface area (Å²) >= 11 is 0. The summed E-state index contributed by atoms with van der Waals surface area (Å²) in [5, 5.41) is 3.31. The van der Waals surface area contributed by atoms with Crippen LogP contribution in [0.25, 0.3) is 0 Å². The summed E-state index contributed by atoms with van der Waals surface area (Å²) in [5.41, 5.74) is 0.983. The molecule has 0 aliphatic carbocycles. The van der Waals surface area contributed by atoms with Gasteiger partial charge < -0.3 is 5.32 Å². The fourth-order valence-electron chi connectivity index (χ4n) is 2.89. The van der Waals surface area contributed by atoms with Gasteiger partial charge in [-0.25, -0.2) is 4.39 Å². The number of hydrogen-bond acceptors (Lipinski definition) is 1. The molecule has 1 heterocycles. The normalized spacial score (nSPS) is 17.4. The van der Waals surface area contributed by atoms with Crippen molar-refractivity contribution in [3.05, 3.63) is 35.6 Å². The second kappa shape index (κ2) is 6.33. The average Bonchev–Trinajstić information content (AvgIpc) is 2.33. The van der Waals surface area contributed by atoms with Gasteiger partial charge in [0.05, 0.1) is 0 Å². The molecule has 1 saturated heterocycles. The van der Waals surface area contributed by atoms with Gasteiger partial charge in [0.2, 0.25) is 0 Å². The van der Waals surface area contributed by atoms with E-state index < -0.39 is 0 Å². The van der Waals surface area contributed by atoms with Crippen LogP contribution in [0.1, 0.15) is 51.0 Å². The Hall–Kier alpha value is -0.890. The Balaban J connectivity index is 1.92. The van der Waals surface area contributed by atoms with E-state index in [2.05, 4.69) is 12.2 Å². The molecule has 2 heteroatoms. The van der Waals surface area contributed by atoms with Crippen LogP contribution >= 0.6 is 0 Å². The van der Waals surface area contributed by atoms with Crippen LogP contribution in [-0.2, 0) is 5.41 Å². The monoisotopic (exact) mass is 249 g/mol. The summed E-state index contributed by atoms with van der Waals surface area (Å²) in [4.78, 5) is 0. The lowest BCUT2D eigenvalue weighted by atomic mass is 9.71. The number of nitrogens with one attached hydrogen (secondary N) is 1. The molecule has 2 rings (SSSR count). The first kappa shape index (κ1) is 13.5. The Labute approximate surface area is 110 Å². The maximum Gasteiger partial charge on any atom is 0.127 e. The Kier molecular flexibility index (Phi) is 4.76. The van der Waals surface area contributed by atoms with Crippen molar-refractivity contribution in [2.24, 2.45) is 0 Å². The molecular weight excluding hydrogens is 225 g/mol. The Morgan fingerprint density at radius 1 is 1.11 bits per heavy atom. The molecule has 18 heavy (non-hydrogen) atoms. The predicted octanol–water partition coefficient (Wildman–Crippen LogP) is 4.03. The lowest BCUT2D eigenvalue weighted by Crippen LogP contribution is -2.57. The van der Waals surface area contributed by atoms with E-state index in [0.29, 0.717) is 0 Å². The molecular formula is C16H24FN. The standard InChI is InChI=1S/C16H24FN/c1-2-3-4-5-8-11-16(12-18-13-16)14-9-6-7-10-15(14)17/h6-7,9-10,18H,2-5,8,11-13H2,1H3. The van der Waals surface area contributed by atoms with E-state index in [1.54, 1.807) is 12.1 Å². The number of unbranched alkanes of at least 4 members (excludes halogenated alkanes) is 4. The molecule has 1 aromatic carbocycles. The molecule has 1 aromatic rings. The molecule has 1 fully saturated rings. The molecule has 0 unspecified atom stereocenters. The van der Waals surface area contributed by atoms with Gasteiger partial charge in [-0.3, -0.25) is 0 Å². The van der Waals surface area contributed by atoms with Gasteiger partial charge in [0.15, 0.2) is 0 Å². The second-order valence-electron chi connectivity index (χ2n) is 5.53. The molecule has 1 N–H and O–H groups in total. The Morgan fingerprint density at radius 2 is 1.83 bits per heavy atom. The zero-order valence-corrected chi connectivity index (χ0v) is 11.3. The van der Waals surface area contributed by atoms with Crippen LogP contribution in [-0.4, -0.2) is 13.1 Å². The summed E-state index contributed by atoms with van der Waals surface area (Å²) in [6.07, 6.45) is 7.53. The van der Waals surface area contributed by atoms with Crippen molar-refractivity contribution in [1.82, 2.24) is 5.32 Å². The van der Waals surface area contributed by atoms with E-state index in [-0.39, 0.29) is 11.2 Å². The van der Waals surface area contributed by atoms with Crippen molar-refractivity contribution in [2.45, 2.75) is 50.9 Å². The average molecular weight is 249 g/mol. The van der Waals surface area contributed by atoms with Gasteiger partial charge in [0, 0.05) is 18.5 Å². The largest absolute Gasteiger partial charge is 0.315 e. The highest BCUT2D eigenvalue weighted by Crippen LogP contribution is 2.35. The molecule has 0 radical (unpaired) electrons. The molecule has 1 nitrogen and oxygen atoms in total. The van der Waals surface area contributed by atoms with E-state index >= 15 is 0 Å². The van der Waals surface area contributed by atoms with Crippen LogP contribution in [0.5, 0.6) is 0 Å². The Bertz CT molecular complexity index is 371. The Morgan fingerprint density at radius 3 is 2.44 bits per heavy atom. The molecule has 1 aliphatic heterocycles. The van der Waals surface area contributed by atoms with Crippen molar-refractivity contribution < 1.29 is 4.39 Å². The van der Waals surface area contributed by atoms with Gasteiger partial charge in [0.1, 0.15) is 5.82 Å². The van der Waals surface area contributed by atoms with Crippen LogP contribution in [0, 0.1) is 5.82 Å². The van der Waals surface area contributed by atoms with Crippen molar-refractivity contribution in [3.8, 4) is 0 Å². The number of halogens is 1. The minimum atomic E-state index is -0.0347. The first-order valence-electron chi connectivity index (χ1n) is 7.24. The maximum absolute atomic E-state index is 13.9. The molecule has 0 spiro atoms. The third-order valence-electron chi connectivity index (χ3n) is 4.13. The second-order valence-corrected chi connectivity index (χ2v) is 5.53. The van der Waals surface area contributed by atoms with E-state index in [0.717, 1.165) is 25.1 Å². The van der Waals surface area contributed by atoms with Gasteiger partial charge in [-0.1, -0.05) is 57.2 Å². The maximum atomic E-state index is 13.9. The quantitative estimate of drug-likeness (QED) is 0.719. The topological polar surface area (TPSA) is 12.0 Å². The van der Waals surface area contributed by atoms with Crippen LogP contribution < -0.4 is 5.32 Å². The highest BCUT2D eigenvalue weighted by molar-refractivity contribution is 5.31. The van der Waals surface area contributed by atoms with Crippen LogP contribution in [0.15, 0.2) is 24.3 Å². The van der Waals surface area contributed by atoms with Gasteiger partial charge >= 0.3 is 0 Å². The zero-order chi connectivity index (χ0) is 12.8. The summed E-state index contributed by atoms with van der Waals surface area (Å²) < 4.78 is 13.9. The van der Waals surface area contributed by atoms with Crippen LogP contribution in [0.3, 0.4) is 0 Å². The van der Waals surface area contributed by atoms with Gasteiger partial charge in [-0.2, -0.15) is 0 Å². The molecule has 1 aliphatic rings. The van der Waals surface area contributed by atoms with E-state index in [1.165, 1.54) is 32.1 Å². The molecule has 0 saturated carbocycles.